The molecule has 1 atom stereocenters. The van der Waals surface area contributed by atoms with Gasteiger partial charge in [-0.3, -0.25) is 9.45 Å². The Hall–Kier alpha value is -1.64. The summed E-state index contributed by atoms with van der Waals surface area (Å²) in [5, 5.41) is 0. The van der Waals surface area contributed by atoms with Crippen LogP contribution in [0.15, 0.2) is 24.3 Å². The van der Waals surface area contributed by atoms with Gasteiger partial charge in [0, 0.05) is 11.7 Å². The molecule has 0 aromatic heterocycles. The maximum atomic E-state index is 12.1. The van der Waals surface area contributed by atoms with E-state index in [-0.39, 0.29) is 12.0 Å². The molecule has 0 saturated carbocycles. The number of carbonyl (C=O) groups is 1. The van der Waals surface area contributed by atoms with Gasteiger partial charge in [0.2, 0.25) is 0 Å². The van der Waals surface area contributed by atoms with E-state index in [1.807, 2.05) is 0 Å². The van der Waals surface area contributed by atoms with Crippen molar-refractivity contribution in [2.45, 2.75) is 40.2 Å². The van der Waals surface area contributed by atoms with Crippen LogP contribution in [0.5, 0.6) is 0 Å². The normalized spacial score (nSPS) is 12.5. The Morgan fingerprint density at radius 2 is 1.65 bits per heavy atom. The number of hydrogen-bond donors (Lipinski definition) is 2. The molecule has 0 radical (unpaired) electrons. The molecule has 1 unspecified atom stereocenters. The highest BCUT2D eigenvalue weighted by molar-refractivity contribution is 7.85. The standard InChI is InChI=1S/C17H28N2O2.CH4O3S/c1-5-19(6-2)16(11-13(3)4)12-21-17(20)14-7-9-15(18)10-8-14;1-5(2,3)4/h7-10,13,16H,5-6,11-12,18H2,1-4H3;1H3,(H,2,3,4). The van der Waals surface area contributed by atoms with Gasteiger partial charge in [0.05, 0.1) is 11.8 Å². The third-order valence-electron chi connectivity index (χ3n) is 3.63. The number of benzene rings is 1. The molecule has 0 bridgehead atoms. The third kappa shape index (κ3) is 11.8. The largest absolute Gasteiger partial charge is 0.460 e. The molecule has 0 saturated heterocycles. The van der Waals surface area contributed by atoms with Gasteiger partial charge in [-0.2, -0.15) is 8.42 Å². The fourth-order valence-electron chi connectivity index (χ4n) is 2.48. The zero-order chi connectivity index (χ0) is 20.3. The van der Waals surface area contributed by atoms with Crippen molar-refractivity contribution in [2.24, 2.45) is 5.92 Å². The number of carbonyl (C=O) groups excluding carboxylic acids is 1. The van der Waals surface area contributed by atoms with Crippen molar-refractivity contribution in [1.82, 2.24) is 4.90 Å². The molecule has 8 heteroatoms. The van der Waals surface area contributed by atoms with E-state index in [4.69, 9.17) is 15.0 Å². The Balaban J connectivity index is 0.00000110. The van der Waals surface area contributed by atoms with Crippen molar-refractivity contribution in [1.29, 1.82) is 0 Å². The second-order valence-corrected chi connectivity index (χ2v) is 7.92. The molecule has 0 amide bonds. The van der Waals surface area contributed by atoms with E-state index in [0.29, 0.717) is 30.0 Å². The minimum absolute atomic E-state index is 0.276. The quantitative estimate of drug-likeness (QED) is 0.400. The van der Waals surface area contributed by atoms with Crippen molar-refractivity contribution in [3.05, 3.63) is 29.8 Å². The highest BCUT2D eigenvalue weighted by Crippen LogP contribution is 2.13. The van der Waals surface area contributed by atoms with Crippen molar-refractivity contribution in [2.75, 3.05) is 31.7 Å². The van der Waals surface area contributed by atoms with Crippen molar-refractivity contribution >= 4 is 21.8 Å². The van der Waals surface area contributed by atoms with E-state index < -0.39 is 10.1 Å². The van der Waals surface area contributed by atoms with E-state index in [0.717, 1.165) is 19.5 Å². The molecule has 0 heterocycles. The third-order valence-corrected chi connectivity index (χ3v) is 3.63. The van der Waals surface area contributed by atoms with Crippen LogP contribution >= 0.6 is 0 Å². The fraction of sp³-hybridized carbons (Fsp3) is 0.611. The Morgan fingerprint density at radius 3 is 2.04 bits per heavy atom. The highest BCUT2D eigenvalue weighted by Gasteiger charge is 2.19. The molecule has 1 rings (SSSR count). The first-order valence-corrected chi connectivity index (χ1v) is 10.5. The SMILES string of the molecule is CCN(CC)C(COC(=O)c1ccc(N)cc1)CC(C)C.CS(=O)(=O)O. The van der Waals surface area contributed by atoms with Gasteiger partial charge in [-0.1, -0.05) is 27.7 Å². The number of nitrogens with two attached hydrogens (primary N) is 1. The van der Waals surface area contributed by atoms with Gasteiger partial charge in [-0.15, -0.1) is 0 Å². The molecular weight excluding hydrogens is 356 g/mol. The lowest BCUT2D eigenvalue weighted by Gasteiger charge is -2.30. The maximum absolute atomic E-state index is 12.1. The van der Waals surface area contributed by atoms with E-state index >= 15 is 0 Å². The van der Waals surface area contributed by atoms with Gasteiger partial charge in [0.1, 0.15) is 6.61 Å². The molecule has 150 valence electrons. The number of nitrogens with zero attached hydrogens (tertiary/aromatic N) is 1. The number of esters is 1. The van der Waals surface area contributed by atoms with Crippen LogP contribution in [0.2, 0.25) is 0 Å². The smallest absolute Gasteiger partial charge is 0.338 e. The minimum atomic E-state index is -3.67. The average Bonchev–Trinajstić information content (AvgIpc) is 2.52. The molecule has 0 spiro atoms. The minimum Gasteiger partial charge on any atom is -0.460 e. The predicted octanol–water partition coefficient (Wildman–Crippen LogP) is 2.69. The molecule has 0 aliphatic rings. The number of nitrogen functional groups attached to an aromatic ring is 1. The summed E-state index contributed by atoms with van der Waals surface area (Å²) in [5.74, 6) is 0.293. The van der Waals surface area contributed by atoms with E-state index in [2.05, 4.69) is 32.6 Å². The molecule has 1 aromatic rings. The first-order valence-electron chi connectivity index (χ1n) is 8.67. The van der Waals surface area contributed by atoms with Crippen molar-refractivity contribution in [3.8, 4) is 0 Å². The number of rotatable bonds is 8. The van der Waals surface area contributed by atoms with Gasteiger partial charge in [0.15, 0.2) is 0 Å². The summed E-state index contributed by atoms with van der Waals surface area (Å²) in [7, 11) is -3.67. The second kappa shape index (κ2) is 11.9. The molecule has 26 heavy (non-hydrogen) atoms. The van der Waals surface area contributed by atoms with Gasteiger partial charge in [-0.05, 0) is 49.7 Å². The van der Waals surface area contributed by atoms with Crippen LogP contribution in [0.4, 0.5) is 5.69 Å². The zero-order valence-electron chi connectivity index (χ0n) is 16.3. The summed E-state index contributed by atoms with van der Waals surface area (Å²) in [6, 6.07) is 7.11. The van der Waals surface area contributed by atoms with Crippen LogP contribution in [0, 0.1) is 5.92 Å². The summed E-state index contributed by atoms with van der Waals surface area (Å²) >= 11 is 0. The van der Waals surface area contributed by atoms with Crippen LogP contribution in [0.25, 0.3) is 0 Å². The predicted molar refractivity (Wildman–Crippen MR) is 105 cm³/mol. The maximum Gasteiger partial charge on any atom is 0.338 e. The van der Waals surface area contributed by atoms with Gasteiger partial charge < -0.3 is 10.5 Å². The molecule has 7 nitrogen and oxygen atoms in total. The van der Waals surface area contributed by atoms with Crippen molar-refractivity contribution < 1.29 is 22.5 Å². The summed E-state index contributed by atoms with van der Waals surface area (Å²) in [6.07, 6.45) is 1.74. The van der Waals surface area contributed by atoms with Gasteiger partial charge >= 0.3 is 5.97 Å². The van der Waals surface area contributed by atoms with E-state index in [1.54, 1.807) is 24.3 Å². The van der Waals surface area contributed by atoms with Gasteiger partial charge in [-0.25, -0.2) is 4.79 Å². The fourth-order valence-corrected chi connectivity index (χ4v) is 2.48. The highest BCUT2D eigenvalue weighted by atomic mass is 32.2. The lowest BCUT2D eigenvalue weighted by molar-refractivity contribution is 0.0331. The average molecular weight is 389 g/mol. The van der Waals surface area contributed by atoms with Crippen LogP contribution < -0.4 is 5.73 Å². The Labute approximate surface area is 157 Å². The first-order chi connectivity index (χ1) is 12.0. The van der Waals surface area contributed by atoms with Crippen LogP contribution in [-0.4, -0.2) is 55.8 Å². The van der Waals surface area contributed by atoms with E-state index in [1.165, 1.54) is 0 Å². The summed E-state index contributed by atoms with van der Waals surface area (Å²) in [5.41, 5.74) is 6.81. The first kappa shape index (κ1) is 24.4. The lowest BCUT2D eigenvalue weighted by atomic mass is 10.0. The van der Waals surface area contributed by atoms with Crippen molar-refractivity contribution in [3.63, 3.8) is 0 Å². The van der Waals surface area contributed by atoms with E-state index in [9.17, 15) is 13.2 Å². The van der Waals surface area contributed by atoms with Gasteiger partial charge in [0.25, 0.3) is 10.1 Å². The Bertz CT molecular complexity index is 617. The summed E-state index contributed by atoms with van der Waals surface area (Å²) in [4.78, 5) is 14.4. The number of likely N-dealkylation sites (N-methyl/N-ethyl adjacent to an activating group) is 1. The molecule has 3 N–H and O–H groups in total. The lowest BCUT2D eigenvalue weighted by Crippen LogP contribution is -2.40. The number of ether oxygens (including phenoxy) is 1. The number of hydrogen-bond acceptors (Lipinski definition) is 6. The molecule has 1 aromatic carbocycles. The Kier molecular flexibility index (Phi) is 11.1. The topological polar surface area (TPSA) is 110 Å². The monoisotopic (exact) mass is 388 g/mol. The zero-order valence-corrected chi connectivity index (χ0v) is 17.1. The van der Waals surface area contributed by atoms with Crippen LogP contribution in [0.1, 0.15) is 44.5 Å². The van der Waals surface area contributed by atoms with Crippen LogP contribution in [0.3, 0.4) is 0 Å². The molecule has 0 aliphatic heterocycles. The number of anilines is 1. The Morgan fingerprint density at radius 1 is 1.19 bits per heavy atom. The van der Waals surface area contributed by atoms with Crippen LogP contribution in [-0.2, 0) is 14.9 Å². The summed E-state index contributed by atoms with van der Waals surface area (Å²) < 4.78 is 31.4. The summed E-state index contributed by atoms with van der Waals surface area (Å²) in [6.45, 7) is 11.0. The molecule has 0 fully saturated rings. The second-order valence-electron chi connectivity index (χ2n) is 6.46. The molecule has 0 aliphatic carbocycles. The molecular formula is C18H32N2O5S.